The number of rotatable bonds is 5. The Morgan fingerprint density at radius 1 is 1.09 bits per heavy atom. The quantitative estimate of drug-likeness (QED) is 0.631. The van der Waals surface area contributed by atoms with Crippen molar-refractivity contribution in [2.24, 2.45) is 0 Å². The predicted octanol–water partition coefficient (Wildman–Crippen LogP) is 2.47. The Hall–Kier alpha value is -2.44. The molecule has 0 radical (unpaired) electrons. The molecule has 0 heterocycles. The van der Waals surface area contributed by atoms with E-state index in [-0.39, 0.29) is 5.11 Å². The predicted molar refractivity (Wildman–Crippen MR) is 93.4 cm³/mol. The summed E-state index contributed by atoms with van der Waals surface area (Å²) in [5.41, 5.74) is 2.27. The Kier molecular flexibility index (Phi) is 5.67. The minimum absolute atomic E-state index is 0.140. The van der Waals surface area contributed by atoms with Gasteiger partial charge in [0.2, 0.25) is 0 Å². The lowest BCUT2D eigenvalue weighted by Crippen LogP contribution is -2.46. The lowest BCUT2D eigenvalue weighted by Gasteiger charge is -2.22. The number of carbonyl (C=O) groups is 1. The van der Waals surface area contributed by atoms with Gasteiger partial charge < -0.3 is 20.8 Å². The van der Waals surface area contributed by atoms with Crippen LogP contribution in [0.3, 0.4) is 0 Å². The van der Waals surface area contributed by atoms with E-state index in [4.69, 9.17) is 12.2 Å². The fourth-order valence-corrected chi connectivity index (χ4v) is 2.37. The number of hydrogen-bond donors (Lipinski definition) is 4. The summed E-state index contributed by atoms with van der Waals surface area (Å²) in [4.78, 5) is 11.5. The molecule has 0 saturated carbocycles. The van der Waals surface area contributed by atoms with Gasteiger partial charge in [-0.2, -0.15) is 0 Å². The molecule has 0 saturated heterocycles. The first kappa shape index (κ1) is 16.9. The largest absolute Gasteiger partial charge is 0.480 e. The summed E-state index contributed by atoms with van der Waals surface area (Å²) in [7, 11) is 0. The molecule has 2 atom stereocenters. The lowest BCUT2D eigenvalue weighted by atomic mass is 10.0. The second-order valence-corrected chi connectivity index (χ2v) is 5.49. The fourth-order valence-electron chi connectivity index (χ4n) is 2.13. The Balaban J connectivity index is 2.09. The summed E-state index contributed by atoms with van der Waals surface area (Å²) in [6.45, 7) is 1.92. The van der Waals surface area contributed by atoms with Gasteiger partial charge in [0, 0.05) is 5.69 Å². The third kappa shape index (κ3) is 4.51. The molecular weight excluding hydrogens is 312 g/mol. The Labute approximate surface area is 140 Å². The maximum Gasteiger partial charge on any atom is 0.329 e. The van der Waals surface area contributed by atoms with Crippen LogP contribution in [0.4, 0.5) is 5.69 Å². The number of carboxylic acids is 1. The van der Waals surface area contributed by atoms with Gasteiger partial charge in [-0.15, -0.1) is 0 Å². The number of hydrogen-bond acceptors (Lipinski definition) is 3. The number of nitrogens with one attached hydrogen (secondary N) is 2. The van der Waals surface area contributed by atoms with Crippen LogP contribution >= 0.6 is 12.2 Å². The summed E-state index contributed by atoms with van der Waals surface area (Å²) < 4.78 is 0. The first-order valence-electron chi connectivity index (χ1n) is 7.08. The number of aliphatic hydroxyl groups is 1. The zero-order valence-electron chi connectivity index (χ0n) is 12.6. The van der Waals surface area contributed by atoms with Crippen LogP contribution in [0.25, 0.3) is 0 Å². The highest BCUT2D eigenvalue weighted by Crippen LogP contribution is 2.18. The average molecular weight is 330 g/mol. The van der Waals surface area contributed by atoms with Crippen LogP contribution in [0.1, 0.15) is 17.2 Å². The van der Waals surface area contributed by atoms with Gasteiger partial charge in [-0.1, -0.05) is 48.5 Å². The Morgan fingerprint density at radius 3 is 2.30 bits per heavy atom. The number of thiocarbonyl (C=S) groups is 1. The second-order valence-electron chi connectivity index (χ2n) is 5.08. The van der Waals surface area contributed by atoms with Crippen molar-refractivity contribution in [2.45, 2.75) is 19.1 Å². The number of aryl methyl sites for hydroxylation is 1. The van der Waals surface area contributed by atoms with Crippen LogP contribution in [0.5, 0.6) is 0 Å². The lowest BCUT2D eigenvalue weighted by molar-refractivity contribution is -0.142. The van der Waals surface area contributed by atoms with Crippen LogP contribution in [-0.4, -0.2) is 27.3 Å². The summed E-state index contributed by atoms with van der Waals surface area (Å²) in [6.07, 6.45) is -1.22. The van der Waals surface area contributed by atoms with Crippen molar-refractivity contribution in [3.63, 3.8) is 0 Å². The Bertz CT molecular complexity index is 691. The van der Waals surface area contributed by atoms with Crippen LogP contribution < -0.4 is 10.6 Å². The SMILES string of the molecule is Cc1ccccc1NC(=S)NC(C(=O)O)C(O)c1ccccc1. The molecule has 0 aromatic heterocycles. The van der Waals surface area contributed by atoms with Gasteiger partial charge in [0.25, 0.3) is 0 Å². The van der Waals surface area contributed by atoms with Gasteiger partial charge in [-0.05, 0) is 36.3 Å². The van der Waals surface area contributed by atoms with E-state index in [1.165, 1.54) is 0 Å². The summed E-state index contributed by atoms with van der Waals surface area (Å²) >= 11 is 5.16. The number of para-hydroxylation sites is 1. The second kappa shape index (κ2) is 7.71. The molecule has 0 fully saturated rings. The fraction of sp³-hybridized carbons (Fsp3) is 0.176. The van der Waals surface area contributed by atoms with Crippen molar-refractivity contribution >= 4 is 29.0 Å². The standard InChI is InChI=1S/C17H18N2O3S/c1-11-7-5-6-10-13(11)18-17(23)19-14(16(21)22)15(20)12-8-3-2-4-9-12/h2-10,14-15,20H,1H3,(H,21,22)(H2,18,19,23). The molecular formula is C17H18N2O3S. The van der Waals surface area contributed by atoms with Gasteiger partial charge in [0.1, 0.15) is 6.10 Å². The van der Waals surface area contributed by atoms with Crippen molar-refractivity contribution in [3.8, 4) is 0 Å². The number of aliphatic hydroxyl groups excluding tert-OH is 1. The average Bonchev–Trinajstić information content (AvgIpc) is 2.55. The minimum Gasteiger partial charge on any atom is -0.480 e. The molecule has 5 nitrogen and oxygen atoms in total. The van der Waals surface area contributed by atoms with E-state index in [1.807, 2.05) is 31.2 Å². The van der Waals surface area contributed by atoms with Crippen molar-refractivity contribution in [2.75, 3.05) is 5.32 Å². The van der Waals surface area contributed by atoms with Crippen LogP contribution in [0.15, 0.2) is 54.6 Å². The first-order valence-corrected chi connectivity index (χ1v) is 7.49. The van der Waals surface area contributed by atoms with E-state index in [2.05, 4.69) is 10.6 Å². The monoisotopic (exact) mass is 330 g/mol. The maximum atomic E-state index is 11.5. The molecule has 0 spiro atoms. The Morgan fingerprint density at radius 2 is 1.70 bits per heavy atom. The summed E-state index contributed by atoms with van der Waals surface area (Å²) in [6, 6.07) is 14.9. The molecule has 0 amide bonds. The van der Waals surface area contributed by atoms with Crippen molar-refractivity contribution in [3.05, 3.63) is 65.7 Å². The normalized spacial score (nSPS) is 13.0. The maximum absolute atomic E-state index is 11.5. The molecule has 2 aromatic carbocycles. The highest BCUT2D eigenvalue weighted by molar-refractivity contribution is 7.80. The van der Waals surface area contributed by atoms with E-state index in [1.54, 1.807) is 30.3 Å². The molecule has 2 rings (SSSR count). The molecule has 23 heavy (non-hydrogen) atoms. The smallest absolute Gasteiger partial charge is 0.329 e. The van der Waals surface area contributed by atoms with E-state index < -0.39 is 18.1 Å². The number of benzene rings is 2. The van der Waals surface area contributed by atoms with Crippen molar-refractivity contribution < 1.29 is 15.0 Å². The first-order chi connectivity index (χ1) is 11.0. The van der Waals surface area contributed by atoms with E-state index in [0.717, 1.165) is 11.3 Å². The van der Waals surface area contributed by atoms with Gasteiger partial charge in [0.15, 0.2) is 11.2 Å². The highest BCUT2D eigenvalue weighted by atomic mass is 32.1. The van der Waals surface area contributed by atoms with Crippen LogP contribution in [-0.2, 0) is 4.79 Å². The molecule has 0 bridgehead atoms. The number of aliphatic carboxylic acids is 1. The molecule has 0 aliphatic heterocycles. The van der Waals surface area contributed by atoms with E-state index in [0.29, 0.717) is 5.56 Å². The number of anilines is 1. The van der Waals surface area contributed by atoms with Crippen molar-refractivity contribution in [1.29, 1.82) is 0 Å². The van der Waals surface area contributed by atoms with Gasteiger partial charge >= 0.3 is 5.97 Å². The molecule has 2 unspecified atom stereocenters. The zero-order chi connectivity index (χ0) is 16.8. The van der Waals surface area contributed by atoms with Gasteiger partial charge in [-0.3, -0.25) is 0 Å². The van der Waals surface area contributed by atoms with Crippen LogP contribution in [0, 0.1) is 6.92 Å². The van der Waals surface area contributed by atoms with E-state index >= 15 is 0 Å². The zero-order valence-corrected chi connectivity index (χ0v) is 13.4. The van der Waals surface area contributed by atoms with Crippen LogP contribution in [0.2, 0.25) is 0 Å². The molecule has 0 aliphatic rings. The third-order valence-corrected chi connectivity index (χ3v) is 3.62. The molecule has 4 N–H and O–H groups in total. The molecule has 120 valence electrons. The summed E-state index contributed by atoms with van der Waals surface area (Å²) in [5.74, 6) is -1.18. The molecule has 0 aliphatic carbocycles. The third-order valence-electron chi connectivity index (χ3n) is 3.40. The minimum atomic E-state index is -1.25. The number of carboxylic acid groups (broad SMARTS) is 1. The van der Waals surface area contributed by atoms with Gasteiger partial charge in [-0.25, -0.2) is 4.79 Å². The van der Waals surface area contributed by atoms with Crippen molar-refractivity contribution in [1.82, 2.24) is 5.32 Å². The van der Waals surface area contributed by atoms with E-state index in [9.17, 15) is 15.0 Å². The topological polar surface area (TPSA) is 81.6 Å². The highest BCUT2D eigenvalue weighted by Gasteiger charge is 2.28. The molecule has 2 aromatic rings. The molecule has 6 heteroatoms. The summed E-state index contributed by atoms with van der Waals surface area (Å²) in [5, 5.41) is 25.4. The van der Waals surface area contributed by atoms with Gasteiger partial charge in [0.05, 0.1) is 0 Å².